The van der Waals surface area contributed by atoms with Crippen LogP contribution in [0, 0.1) is 5.92 Å². The number of carboxylic acid groups (broad SMARTS) is 1. The van der Waals surface area contributed by atoms with Crippen molar-refractivity contribution in [1.82, 2.24) is 10.2 Å². The molecular formula is C26H30N2O6. The molecule has 1 atom stereocenters. The third-order valence-electron chi connectivity index (χ3n) is 6.49. The Morgan fingerprint density at radius 2 is 1.62 bits per heavy atom. The number of benzene rings is 2. The summed E-state index contributed by atoms with van der Waals surface area (Å²) < 4.78 is 10.8. The SMILES string of the molecule is CC(C)C(CC(=O)N1CC(OCC(=O)O)C1)NC(=O)OCC1c2ccccc2-c2ccccc21. The maximum absolute atomic E-state index is 12.6. The first-order chi connectivity index (χ1) is 16.3. The van der Waals surface area contributed by atoms with E-state index in [4.69, 9.17) is 14.6 Å². The molecule has 1 aliphatic carbocycles. The molecule has 0 bridgehead atoms. The second kappa shape index (κ2) is 10.3. The molecule has 2 amide bonds. The summed E-state index contributed by atoms with van der Waals surface area (Å²) in [7, 11) is 0. The lowest BCUT2D eigenvalue weighted by molar-refractivity contribution is -0.154. The van der Waals surface area contributed by atoms with Crippen LogP contribution in [0.25, 0.3) is 11.1 Å². The average Bonchev–Trinajstić information content (AvgIpc) is 3.09. The zero-order valence-electron chi connectivity index (χ0n) is 19.4. The first-order valence-electron chi connectivity index (χ1n) is 11.6. The Kier molecular flexibility index (Phi) is 7.17. The van der Waals surface area contributed by atoms with Gasteiger partial charge >= 0.3 is 12.1 Å². The number of likely N-dealkylation sites (tertiary alicyclic amines) is 1. The van der Waals surface area contributed by atoms with Gasteiger partial charge < -0.3 is 24.8 Å². The number of fused-ring (bicyclic) bond motifs is 3. The Bertz CT molecular complexity index is 1020. The van der Waals surface area contributed by atoms with Gasteiger partial charge in [-0.25, -0.2) is 9.59 Å². The van der Waals surface area contributed by atoms with Gasteiger partial charge in [0.15, 0.2) is 0 Å². The van der Waals surface area contributed by atoms with Gasteiger partial charge in [-0.15, -0.1) is 0 Å². The third-order valence-corrected chi connectivity index (χ3v) is 6.49. The summed E-state index contributed by atoms with van der Waals surface area (Å²) in [5, 5.41) is 11.5. The van der Waals surface area contributed by atoms with E-state index >= 15 is 0 Å². The van der Waals surface area contributed by atoms with Crippen molar-refractivity contribution in [3.05, 3.63) is 59.7 Å². The summed E-state index contributed by atoms with van der Waals surface area (Å²) in [4.78, 5) is 37.4. The van der Waals surface area contributed by atoms with Gasteiger partial charge in [0.05, 0.1) is 6.10 Å². The molecule has 2 aromatic rings. The normalized spacial score (nSPS) is 15.9. The molecule has 0 aromatic heterocycles. The van der Waals surface area contributed by atoms with Crippen LogP contribution in [-0.2, 0) is 19.1 Å². The molecule has 1 aliphatic heterocycles. The summed E-state index contributed by atoms with van der Waals surface area (Å²) in [5.74, 6) is -1.13. The van der Waals surface area contributed by atoms with Gasteiger partial charge in [0.2, 0.25) is 5.91 Å². The van der Waals surface area contributed by atoms with Crippen LogP contribution in [0.4, 0.5) is 4.79 Å². The Balaban J connectivity index is 1.29. The van der Waals surface area contributed by atoms with E-state index in [1.807, 2.05) is 38.1 Å². The van der Waals surface area contributed by atoms with Gasteiger partial charge in [-0.05, 0) is 28.2 Å². The molecule has 4 rings (SSSR count). The van der Waals surface area contributed by atoms with Gasteiger partial charge in [0.1, 0.15) is 13.2 Å². The molecule has 1 saturated heterocycles. The fraction of sp³-hybridized carbons (Fsp3) is 0.423. The monoisotopic (exact) mass is 466 g/mol. The number of alkyl carbamates (subject to hydrolysis) is 1. The number of rotatable bonds is 9. The van der Waals surface area contributed by atoms with Crippen LogP contribution in [0.3, 0.4) is 0 Å². The minimum atomic E-state index is -1.03. The fourth-order valence-corrected chi connectivity index (χ4v) is 4.50. The summed E-state index contributed by atoms with van der Waals surface area (Å²) in [5.41, 5.74) is 4.62. The second-order valence-corrected chi connectivity index (χ2v) is 9.15. The van der Waals surface area contributed by atoms with Crippen LogP contribution >= 0.6 is 0 Å². The number of amides is 2. The van der Waals surface area contributed by atoms with E-state index in [0.717, 1.165) is 22.3 Å². The van der Waals surface area contributed by atoms with E-state index in [0.29, 0.717) is 13.1 Å². The Labute approximate surface area is 198 Å². The first kappa shape index (κ1) is 23.8. The van der Waals surface area contributed by atoms with Crippen molar-refractivity contribution in [3.63, 3.8) is 0 Å². The highest BCUT2D eigenvalue weighted by Crippen LogP contribution is 2.44. The highest BCUT2D eigenvalue weighted by Gasteiger charge is 2.34. The number of carbonyl (C=O) groups is 3. The molecule has 180 valence electrons. The van der Waals surface area contributed by atoms with E-state index in [2.05, 4.69) is 29.6 Å². The highest BCUT2D eigenvalue weighted by molar-refractivity contribution is 5.80. The van der Waals surface area contributed by atoms with Gasteiger partial charge in [-0.3, -0.25) is 4.79 Å². The van der Waals surface area contributed by atoms with E-state index in [1.54, 1.807) is 4.90 Å². The molecule has 2 aliphatic rings. The Hall–Kier alpha value is -3.39. The van der Waals surface area contributed by atoms with Crippen molar-refractivity contribution in [1.29, 1.82) is 0 Å². The van der Waals surface area contributed by atoms with Crippen molar-refractivity contribution in [2.75, 3.05) is 26.3 Å². The molecule has 1 fully saturated rings. The molecule has 0 spiro atoms. The number of aliphatic carboxylic acids is 1. The molecular weight excluding hydrogens is 436 g/mol. The van der Waals surface area contributed by atoms with E-state index in [-0.39, 0.29) is 49.5 Å². The molecule has 8 nitrogen and oxygen atoms in total. The van der Waals surface area contributed by atoms with Crippen molar-refractivity contribution < 1.29 is 29.0 Å². The number of ether oxygens (including phenoxy) is 2. The van der Waals surface area contributed by atoms with Crippen molar-refractivity contribution in [2.24, 2.45) is 5.92 Å². The van der Waals surface area contributed by atoms with Gasteiger partial charge in [-0.2, -0.15) is 0 Å². The quantitative estimate of drug-likeness (QED) is 0.588. The van der Waals surface area contributed by atoms with Crippen molar-refractivity contribution in [3.8, 4) is 11.1 Å². The smallest absolute Gasteiger partial charge is 0.407 e. The Morgan fingerprint density at radius 1 is 1.03 bits per heavy atom. The fourth-order valence-electron chi connectivity index (χ4n) is 4.50. The van der Waals surface area contributed by atoms with Gasteiger partial charge in [0, 0.05) is 31.5 Å². The van der Waals surface area contributed by atoms with Crippen LogP contribution in [0.2, 0.25) is 0 Å². The lowest BCUT2D eigenvalue weighted by Crippen LogP contribution is -2.56. The molecule has 8 heteroatoms. The minimum Gasteiger partial charge on any atom is -0.480 e. The minimum absolute atomic E-state index is 0.0268. The van der Waals surface area contributed by atoms with Gasteiger partial charge in [-0.1, -0.05) is 62.4 Å². The lowest BCUT2D eigenvalue weighted by Gasteiger charge is -2.39. The molecule has 2 aromatic carbocycles. The molecule has 2 N–H and O–H groups in total. The highest BCUT2D eigenvalue weighted by atomic mass is 16.5. The molecule has 1 heterocycles. The zero-order valence-corrected chi connectivity index (χ0v) is 19.4. The van der Waals surface area contributed by atoms with Crippen molar-refractivity contribution in [2.45, 2.75) is 38.3 Å². The topological polar surface area (TPSA) is 105 Å². The average molecular weight is 467 g/mol. The number of nitrogens with one attached hydrogen (secondary N) is 1. The maximum Gasteiger partial charge on any atom is 0.407 e. The number of carboxylic acids is 1. The van der Waals surface area contributed by atoms with Crippen LogP contribution in [-0.4, -0.2) is 66.4 Å². The van der Waals surface area contributed by atoms with Crippen LogP contribution in [0.5, 0.6) is 0 Å². The van der Waals surface area contributed by atoms with Crippen LogP contribution in [0.1, 0.15) is 37.3 Å². The molecule has 0 radical (unpaired) electrons. The predicted octanol–water partition coefficient (Wildman–Crippen LogP) is 3.25. The lowest BCUT2D eigenvalue weighted by atomic mass is 9.98. The number of nitrogens with zero attached hydrogens (tertiary/aromatic N) is 1. The van der Waals surface area contributed by atoms with E-state index in [9.17, 15) is 14.4 Å². The molecule has 1 unspecified atom stereocenters. The molecule has 34 heavy (non-hydrogen) atoms. The summed E-state index contributed by atoms with van der Waals surface area (Å²) in [6, 6.07) is 15.9. The van der Waals surface area contributed by atoms with Gasteiger partial charge in [0.25, 0.3) is 0 Å². The zero-order chi connectivity index (χ0) is 24.2. The van der Waals surface area contributed by atoms with Crippen LogP contribution in [0.15, 0.2) is 48.5 Å². The maximum atomic E-state index is 12.6. The number of hydrogen-bond donors (Lipinski definition) is 2. The number of carbonyl (C=O) groups excluding carboxylic acids is 2. The Morgan fingerprint density at radius 3 is 2.18 bits per heavy atom. The predicted molar refractivity (Wildman–Crippen MR) is 125 cm³/mol. The number of hydrogen-bond acceptors (Lipinski definition) is 5. The second-order valence-electron chi connectivity index (χ2n) is 9.15. The summed E-state index contributed by atoms with van der Waals surface area (Å²) in [6.45, 7) is 4.45. The summed E-state index contributed by atoms with van der Waals surface area (Å²) in [6.07, 6.45) is -0.652. The molecule has 0 saturated carbocycles. The summed E-state index contributed by atoms with van der Waals surface area (Å²) >= 11 is 0. The third kappa shape index (κ3) is 5.22. The first-order valence-corrected chi connectivity index (χ1v) is 11.6. The largest absolute Gasteiger partial charge is 0.480 e. The van der Waals surface area contributed by atoms with E-state index < -0.39 is 12.1 Å². The van der Waals surface area contributed by atoms with E-state index in [1.165, 1.54) is 0 Å². The standard InChI is InChI=1S/C26H30N2O6/c1-16(2)23(11-24(29)28-12-17(13-28)33-15-25(30)31)27-26(32)34-14-22-20-9-5-3-7-18(20)19-8-4-6-10-21(19)22/h3-10,16-17,22-23H,11-15H2,1-2H3,(H,27,32)(H,30,31). The van der Waals surface area contributed by atoms with Crippen molar-refractivity contribution >= 4 is 18.0 Å². The van der Waals surface area contributed by atoms with Crippen LogP contribution < -0.4 is 5.32 Å².